The van der Waals surface area contributed by atoms with Crippen molar-refractivity contribution in [1.29, 1.82) is 0 Å². The Morgan fingerprint density at radius 1 is 1.56 bits per heavy atom. The van der Waals surface area contributed by atoms with Crippen molar-refractivity contribution in [2.45, 2.75) is 19.3 Å². The first kappa shape index (κ1) is 14.0. The van der Waals surface area contributed by atoms with E-state index >= 15 is 0 Å². The van der Waals surface area contributed by atoms with E-state index in [0.717, 1.165) is 30.7 Å². The van der Waals surface area contributed by atoms with Crippen LogP contribution in [0.3, 0.4) is 0 Å². The van der Waals surface area contributed by atoms with Crippen molar-refractivity contribution in [2.24, 2.45) is 10.7 Å². The average Bonchev–Trinajstić information content (AvgIpc) is 2.38. The van der Waals surface area contributed by atoms with Gasteiger partial charge in [-0.2, -0.15) is 0 Å². The largest absolute Gasteiger partial charge is 0.495 e. The summed E-state index contributed by atoms with van der Waals surface area (Å²) in [6.07, 6.45) is 4.10. The molecule has 0 spiro atoms. The Bertz CT molecular complexity index is 432. The minimum Gasteiger partial charge on any atom is -0.495 e. The van der Waals surface area contributed by atoms with E-state index in [0.29, 0.717) is 6.54 Å². The molecular formula is C12H17N3O3. The van der Waals surface area contributed by atoms with Crippen LogP contribution in [0.2, 0.25) is 0 Å². The molecule has 0 saturated heterocycles. The molecule has 0 fully saturated rings. The zero-order chi connectivity index (χ0) is 13.4. The Kier molecular flexibility index (Phi) is 5.63. The van der Waals surface area contributed by atoms with E-state index in [9.17, 15) is 4.79 Å². The number of rotatable bonds is 6. The van der Waals surface area contributed by atoms with E-state index in [-0.39, 0.29) is 5.84 Å². The normalized spacial score (nSPS) is 11.3. The number of aliphatic carboxylic acids is 1. The maximum Gasteiger partial charge on any atom is 0.370 e. The minimum atomic E-state index is -1.18. The van der Waals surface area contributed by atoms with E-state index in [1.807, 2.05) is 12.1 Å². The summed E-state index contributed by atoms with van der Waals surface area (Å²) in [5, 5.41) is 8.50. The van der Waals surface area contributed by atoms with E-state index in [1.165, 1.54) is 0 Å². The van der Waals surface area contributed by atoms with Crippen LogP contribution in [0, 0.1) is 0 Å². The number of unbranched alkanes of at least 4 members (excludes halogenated alkanes) is 1. The number of carbonyl (C=O) groups is 1. The molecule has 98 valence electrons. The van der Waals surface area contributed by atoms with Crippen molar-refractivity contribution < 1.29 is 14.6 Å². The summed E-state index contributed by atoms with van der Waals surface area (Å²) in [5.41, 5.74) is 6.07. The lowest BCUT2D eigenvalue weighted by molar-refractivity contribution is -0.129. The molecule has 1 rings (SSSR count). The quantitative estimate of drug-likeness (QED) is 0.444. The SMILES string of the molecule is COc1cccnc1CCCCN=C(N)C(=O)O. The first-order chi connectivity index (χ1) is 8.65. The molecule has 0 aliphatic heterocycles. The lowest BCUT2D eigenvalue weighted by Gasteiger charge is -2.05. The van der Waals surface area contributed by atoms with Crippen LogP contribution in [0.1, 0.15) is 18.5 Å². The van der Waals surface area contributed by atoms with Crippen molar-refractivity contribution in [3.8, 4) is 5.75 Å². The molecule has 1 heterocycles. The predicted octanol–water partition coefficient (Wildman–Crippen LogP) is 0.855. The molecule has 6 heteroatoms. The highest BCUT2D eigenvalue weighted by molar-refractivity contribution is 6.33. The second-order valence-electron chi connectivity index (χ2n) is 3.68. The van der Waals surface area contributed by atoms with Gasteiger partial charge >= 0.3 is 5.97 Å². The zero-order valence-corrected chi connectivity index (χ0v) is 10.3. The fourth-order valence-corrected chi connectivity index (χ4v) is 1.47. The van der Waals surface area contributed by atoms with Gasteiger partial charge in [0.2, 0.25) is 5.84 Å². The molecule has 1 aromatic rings. The van der Waals surface area contributed by atoms with Crippen molar-refractivity contribution in [3.63, 3.8) is 0 Å². The van der Waals surface area contributed by atoms with E-state index < -0.39 is 5.97 Å². The maximum atomic E-state index is 10.4. The Labute approximate surface area is 106 Å². The number of carboxylic acid groups (broad SMARTS) is 1. The summed E-state index contributed by atoms with van der Waals surface area (Å²) in [4.78, 5) is 18.4. The maximum absolute atomic E-state index is 10.4. The Morgan fingerprint density at radius 3 is 3.00 bits per heavy atom. The first-order valence-corrected chi connectivity index (χ1v) is 5.66. The number of amidine groups is 1. The van der Waals surface area contributed by atoms with E-state index in [2.05, 4.69) is 9.98 Å². The minimum absolute atomic E-state index is 0.342. The molecule has 18 heavy (non-hydrogen) atoms. The summed E-state index contributed by atoms with van der Waals surface area (Å²) in [5.74, 6) is -0.752. The van der Waals surface area contributed by atoms with Crippen LogP contribution in [0.25, 0.3) is 0 Å². The van der Waals surface area contributed by atoms with Crippen LogP contribution in [0.4, 0.5) is 0 Å². The third-order valence-corrected chi connectivity index (χ3v) is 2.39. The van der Waals surface area contributed by atoms with Gasteiger partial charge in [0, 0.05) is 12.7 Å². The fourth-order valence-electron chi connectivity index (χ4n) is 1.47. The lowest BCUT2D eigenvalue weighted by Crippen LogP contribution is -2.23. The van der Waals surface area contributed by atoms with Crippen molar-refractivity contribution in [2.75, 3.05) is 13.7 Å². The summed E-state index contributed by atoms with van der Waals surface area (Å²) >= 11 is 0. The molecule has 0 aromatic carbocycles. The van der Waals surface area contributed by atoms with Gasteiger partial charge in [-0.3, -0.25) is 9.98 Å². The lowest BCUT2D eigenvalue weighted by atomic mass is 10.1. The van der Waals surface area contributed by atoms with Gasteiger partial charge in [-0.15, -0.1) is 0 Å². The second kappa shape index (κ2) is 7.26. The standard InChI is InChI=1S/C12H17N3O3/c1-18-10-6-4-8-14-9(10)5-2-3-7-15-11(13)12(16)17/h4,6,8H,2-3,5,7H2,1H3,(H2,13,15)(H,16,17). The molecule has 1 aromatic heterocycles. The summed E-state index contributed by atoms with van der Waals surface area (Å²) < 4.78 is 5.18. The number of methoxy groups -OCH3 is 1. The molecule has 6 nitrogen and oxygen atoms in total. The van der Waals surface area contributed by atoms with E-state index in [4.69, 9.17) is 15.6 Å². The molecule has 0 aliphatic carbocycles. The van der Waals surface area contributed by atoms with Gasteiger partial charge < -0.3 is 15.6 Å². The Balaban J connectivity index is 2.34. The topological polar surface area (TPSA) is 97.8 Å². The number of hydrogen-bond acceptors (Lipinski definition) is 4. The van der Waals surface area contributed by atoms with Gasteiger partial charge in [0.25, 0.3) is 0 Å². The molecule has 0 radical (unpaired) electrons. The van der Waals surface area contributed by atoms with Crippen LogP contribution >= 0.6 is 0 Å². The number of aromatic nitrogens is 1. The van der Waals surface area contributed by atoms with Crippen LogP contribution < -0.4 is 10.5 Å². The monoisotopic (exact) mass is 251 g/mol. The number of nitrogens with zero attached hydrogens (tertiary/aromatic N) is 2. The molecule has 3 N–H and O–H groups in total. The van der Waals surface area contributed by atoms with Crippen molar-refractivity contribution in [3.05, 3.63) is 24.0 Å². The zero-order valence-electron chi connectivity index (χ0n) is 10.3. The smallest absolute Gasteiger partial charge is 0.370 e. The summed E-state index contributed by atoms with van der Waals surface area (Å²) in [6, 6.07) is 3.68. The predicted molar refractivity (Wildman–Crippen MR) is 67.9 cm³/mol. The number of pyridine rings is 1. The molecule has 0 atom stereocenters. The molecule has 0 amide bonds. The second-order valence-corrected chi connectivity index (χ2v) is 3.68. The van der Waals surface area contributed by atoms with Gasteiger partial charge in [-0.25, -0.2) is 4.79 Å². The van der Waals surface area contributed by atoms with Crippen LogP contribution in [0.5, 0.6) is 5.75 Å². The highest BCUT2D eigenvalue weighted by Crippen LogP contribution is 2.16. The highest BCUT2D eigenvalue weighted by atomic mass is 16.5. The van der Waals surface area contributed by atoms with Crippen LogP contribution in [0.15, 0.2) is 23.3 Å². The van der Waals surface area contributed by atoms with E-state index in [1.54, 1.807) is 13.3 Å². The van der Waals surface area contributed by atoms with Gasteiger partial charge in [-0.05, 0) is 31.4 Å². The number of aliphatic imine (C=N–C) groups is 1. The number of nitrogens with two attached hydrogens (primary N) is 1. The molecule has 0 aliphatic rings. The van der Waals surface area contributed by atoms with Crippen molar-refractivity contribution in [1.82, 2.24) is 4.98 Å². The van der Waals surface area contributed by atoms with Crippen LogP contribution in [-0.4, -0.2) is 35.5 Å². The molecular weight excluding hydrogens is 234 g/mol. The number of hydrogen-bond donors (Lipinski definition) is 2. The summed E-state index contributed by atoms with van der Waals surface area (Å²) in [7, 11) is 1.61. The Morgan fingerprint density at radius 2 is 2.33 bits per heavy atom. The third kappa shape index (κ3) is 4.40. The molecule has 0 bridgehead atoms. The number of ether oxygens (including phenoxy) is 1. The summed E-state index contributed by atoms with van der Waals surface area (Å²) in [6.45, 7) is 0.410. The third-order valence-electron chi connectivity index (χ3n) is 2.39. The molecule has 0 saturated carbocycles. The Hall–Kier alpha value is -2.11. The number of aryl methyl sites for hydroxylation is 1. The van der Waals surface area contributed by atoms with Gasteiger partial charge in [-0.1, -0.05) is 0 Å². The van der Waals surface area contributed by atoms with Gasteiger partial charge in [0.1, 0.15) is 5.75 Å². The molecule has 0 unspecified atom stereocenters. The van der Waals surface area contributed by atoms with Gasteiger partial charge in [0.15, 0.2) is 0 Å². The van der Waals surface area contributed by atoms with Gasteiger partial charge in [0.05, 0.1) is 12.8 Å². The fraction of sp³-hybridized carbons (Fsp3) is 0.417. The highest BCUT2D eigenvalue weighted by Gasteiger charge is 2.03. The van der Waals surface area contributed by atoms with Crippen LogP contribution in [-0.2, 0) is 11.2 Å². The van der Waals surface area contributed by atoms with Crippen molar-refractivity contribution >= 4 is 11.8 Å². The number of carboxylic acids is 1. The first-order valence-electron chi connectivity index (χ1n) is 5.66. The average molecular weight is 251 g/mol.